The summed E-state index contributed by atoms with van der Waals surface area (Å²) in [5.41, 5.74) is 3.38. The summed E-state index contributed by atoms with van der Waals surface area (Å²) in [6.45, 7) is 4.09. The van der Waals surface area contributed by atoms with E-state index in [0.29, 0.717) is 38.0 Å². The molecular formula is C30H39N5O3. The number of carbonyl (C=O) groups is 2. The third-order valence-corrected chi connectivity index (χ3v) is 6.44. The van der Waals surface area contributed by atoms with Crippen LogP contribution in [0, 0.1) is 0 Å². The molecule has 38 heavy (non-hydrogen) atoms. The number of carbonyl (C=O) groups excluding carboxylic acids is 1. The Balaban J connectivity index is 1.49. The van der Waals surface area contributed by atoms with Crippen molar-refractivity contribution < 1.29 is 14.7 Å². The van der Waals surface area contributed by atoms with E-state index in [1.54, 1.807) is 24.5 Å². The van der Waals surface area contributed by atoms with Crippen LogP contribution in [-0.4, -0.2) is 39.0 Å². The SMILES string of the molecule is CCCCCC(CC[C@H](NC(=O)c1ccc(CNCc2ccccn2)cc1)C(=O)O)NCc1ccccn1. The molecule has 3 aromatic rings. The molecule has 0 bridgehead atoms. The summed E-state index contributed by atoms with van der Waals surface area (Å²) in [5.74, 6) is -1.40. The minimum atomic E-state index is -1.02. The molecule has 1 unspecified atom stereocenters. The van der Waals surface area contributed by atoms with Gasteiger partial charge in [0.2, 0.25) is 0 Å². The number of nitrogens with one attached hydrogen (secondary N) is 3. The molecule has 0 radical (unpaired) electrons. The molecule has 3 rings (SSSR count). The molecule has 0 aliphatic carbocycles. The number of nitrogens with zero attached hydrogens (tertiary/aromatic N) is 2. The van der Waals surface area contributed by atoms with Gasteiger partial charge in [0, 0.05) is 43.6 Å². The number of carboxylic acids is 1. The highest BCUT2D eigenvalue weighted by atomic mass is 16.4. The fraction of sp³-hybridized carbons (Fsp3) is 0.400. The molecule has 0 aliphatic heterocycles. The Morgan fingerprint density at radius 2 is 1.50 bits per heavy atom. The maximum atomic E-state index is 12.8. The zero-order valence-corrected chi connectivity index (χ0v) is 22.1. The number of aromatic nitrogens is 2. The summed E-state index contributed by atoms with van der Waals surface area (Å²) < 4.78 is 0. The van der Waals surface area contributed by atoms with Crippen LogP contribution in [0.2, 0.25) is 0 Å². The van der Waals surface area contributed by atoms with E-state index in [1.165, 1.54) is 0 Å². The number of carboxylic acid groups (broad SMARTS) is 1. The Labute approximate surface area is 225 Å². The van der Waals surface area contributed by atoms with E-state index in [2.05, 4.69) is 32.8 Å². The van der Waals surface area contributed by atoms with Crippen LogP contribution in [0.3, 0.4) is 0 Å². The first-order valence-corrected chi connectivity index (χ1v) is 13.4. The van der Waals surface area contributed by atoms with Crippen molar-refractivity contribution >= 4 is 11.9 Å². The Bertz CT molecular complexity index is 1090. The lowest BCUT2D eigenvalue weighted by molar-refractivity contribution is -0.139. The van der Waals surface area contributed by atoms with Gasteiger partial charge in [-0.15, -0.1) is 0 Å². The molecule has 0 spiro atoms. The lowest BCUT2D eigenvalue weighted by Crippen LogP contribution is -2.42. The number of hydrogen-bond acceptors (Lipinski definition) is 6. The van der Waals surface area contributed by atoms with Crippen LogP contribution in [0.4, 0.5) is 0 Å². The fourth-order valence-electron chi connectivity index (χ4n) is 4.22. The summed E-state index contributed by atoms with van der Waals surface area (Å²) >= 11 is 0. The zero-order chi connectivity index (χ0) is 27.0. The highest BCUT2D eigenvalue weighted by molar-refractivity contribution is 5.96. The van der Waals surface area contributed by atoms with Gasteiger partial charge in [0.15, 0.2) is 0 Å². The molecule has 8 heteroatoms. The van der Waals surface area contributed by atoms with Gasteiger partial charge in [-0.1, -0.05) is 50.5 Å². The van der Waals surface area contributed by atoms with Crippen LogP contribution in [0.5, 0.6) is 0 Å². The highest BCUT2D eigenvalue weighted by Crippen LogP contribution is 2.13. The van der Waals surface area contributed by atoms with E-state index >= 15 is 0 Å². The van der Waals surface area contributed by atoms with Gasteiger partial charge in [0.25, 0.3) is 5.91 Å². The number of unbranched alkanes of at least 4 members (excludes halogenated alkanes) is 2. The second-order valence-electron chi connectivity index (χ2n) is 9.46. The van der Waals surface area contributed by atoms with Crippen LogP contribution < -0.4 is 16.0 Å². The fourth-order valence-corrected chi connectivity index (χ4v) is 4.22. The molecule has 1 amide bonds. The van der Waals surface area contributed by atoms with Crippen molar-refractivity contribution in [3.63, 3.8) is 0 Å². The Hall–Kier alpha value is -3.62. The van der Waals surface area contributed by atoms with Crippen molar-refractivity contribution in [3.05, 3.63) is 95.6 Å². The lowest BCUT2D eigenvalue weighted by atomic mass is 10.00. The van der Waals surface area contributed by atoms with Crippen LogP contribution in [-0.2, 0) is 24.4 Å². The predicted molar refractivity (Wildman–Crippen MR) is 148 cm³/mol. The van der Waals surface area contributed by atoms with E-state index in [1.807, 2.05) is 48.5 Å². The summed E-state index contributed by atoms with van der Waals surface area (Å²) in [7, 11) is 0. The van der Waals surface area contributed by atoms with Crippen LogP contribution >= 0.6 is 0 Å². The van der Waals surface area contributed by atoms with E-state index in [4.69, 9.17) is 0 Å². The monoisotopic (exact) mass is 517 g/mol. The maximum absolute atomic E-state index is 12.8. The third-order valence-electron chi connectivity index (χ3n) is 6.44. The van der Waals surface area contributed by atoms with E-state index < -0.39 is 12.0 Å². The van der Waals surface area contributed by atoms with Crippen molar-refractivity contribution in [1.82, 2.24) is 25.9 Å². The quantitative estimate of drug-likeness (QED) is 0.195. The molecule has 8 nitrogen and oxygen atoms in total. The first-order chi connectivity index (χ1) is 18.5. The molecule has 2 atom stereocenters. The molecule has 0 fully saturated rings. The number of aliphatic carboxylic acids is 1. The zero-order valence-electron chi connectivity index (χ0n) is 22.1. The second kappa shape index (κ2) is 16.3. The minimum Gasteiger partial charge on any atom is -0.480 e. The van der Waals surface area contributed by atoms with Gasteiger partial charge in [-0.2, -0.15) is 0 Å². The topological polar surface area (TPSA) is 116 Å². The van der Waals surface area contributed by atoms with Gasteiger partial charge in [-0.3, -0.25) is 14.8 Å². The number of pyridine rings is 2. The van der Waals surface area contributed by atoms with Crippen LogP contribution in [0.1, 0.15) is 72.8 Å². The molecule has 2 heterocycles. The molecule has 0 aliphatic rings. The average molecular weight is 518 g/mol. The Kier molecular flexibility index (Phi) is 12.4. The van der Waals surface area contributed by atoms with Gasteiger partial charge < -0.3 is 21.1 Å². The van der Waals surface area contributed by atoms with Crippen molar-refractivity contribution in [3.8, 4) is 0 Å². The largest absolute Gasteiger partial charge is 0.480 e. The first-order valence-electron chi connectivity index (χ1n) is 13.4. The van der Waals surface area contributed by atoms with Crippen LogP contribution in [0.15, 0.2) is 73.1 Å². The smallest absolute Gasteiger partial charge is 0.326 e. The molecule has 2 aromatic heterocycles. The van der Waals surface area contributed by atoms with E-state index in [9.17, 15) is 14.7 Å². The summed E-state index contributed by atoms with van der Waals surface area (Å²) in [5, 5.41) is 19.4. The number of amides is 1. The normalized spacial score (nSPS) is 12.6. The van der Waals surface area contributed by atoms with Gasteiger partial charge in [-0.25, -0.2) is 4.79 Å². The minimum absolute atomic E-state index is 0.153. The van der Waals surface area contributed by atoms with Gasteiger partial charge in [0.1, 0.15) is 6.04 Å². The maximum Gasteiger partial charge on any atom is 0.326 e. The Morgan fingerprint density at radius 1 is 0.816 bits per heavy atom. The summed E-state index contributed by atoms with van der Waals surface area (Å²) in [4.78, 5) is 33.4. The van der Waals surface area contributed by atoms with Gasteiger partial charge >= 0.3 is 5.97 Å². The van der Waals surface area contributed by atoms with Gasteiger partial charge in [-0.05, 0) is 61.2 Å². The highest BCUT2D eigenvalue weighted by Gasteiger charge is 2.22. The number of benzene rings is 1. The van der Waals surface area contributed by atoms with Crippen molar-refractivity contribution in [2.45, 2.75) is 77.2 Å². The van der Waals surface area contributed by atoms with E-state index in [-0.39, 0.29) is 11.9 Å². The van der Waals surface area contributed by atoms with Crippen LogP contribution in [0.25, 0.3) is 0 Å². The molecule has 0 saturated heterocycles. The second-order valence-corrected chi connectivity index (χ2v) is 9.46. The molecule has 1 aromatic carbocycles. The molecular weight excluding hydrogens is 478 g/mol. The van der Waals surface area contributed by atoms with Crippen molar-refractivity contribution in [2.75, 3.05) is 0 Å². The summed E-state index contributed by atoms with van der Waals surface area (Å²) in [6.07, 6.45) is 8.82. The van der Waals surface area contributed by atoms with Crippen molar-refractivity contribution in [1.29, 1.82) is 0 Å². The standard InChI is InChI=1S/C30H39N5O3/c1-2-3-4-9-25(34-22-27-11-6-8-19-33-27)16-17-28(30(37)38)35-29(36)24-14-12-23(13-15-24)20-31-21-26-10-5-7-18-32-26/h5-8,10-15,18-19,25,28,31,34H,2-4,9,16-17,20-22H2,1H3,(H,35,36)(H,37,38)/t25?,28-/m0/s1. The van der Waals surface area contributed by atoms with E-state index in [0.717, 1.165) is 42.6 Å². The van der Waals surface area contributed by atoms with Crippen molar-refractivity contribution in [2.24, 2.45) is 0 Å². The first kappa shape index (κ1) is 28.9. The molecule has 4 N–H and O–H groups in total. The predicted octanol–water partition coefficient (Wildman–Crippen LogP) is 4.47. The van der Waals surface area contributed by atoms with Gasteiger partial charge in [0.05, 0.1) is 11.4 Å². The number of rotatable bonds is 17. The number of hydrogen-bond donors (Lipinski definition) is 4. The Morgan fingerprint density at radius 3 is 2.11 bits per heavy atom. The summed E-state index contributed by atoms with van der Waals surface area (Å²) in [6, 6.07) is 18.0. The average Bonchev–Trinajstić information content (AvgIpc) is 2.94. The molecule has 0 saturated carbocycles. The third kappa shape index (κ3) is 10.4. The molecule has 202 valence electrons. The lowest BCUT2D eigenvalue weighted by Gasteiger charge is -2.21.